The number of alkyl halides is 6. The summed E-state index contributed by atoms with van der Waals surface area (Å²) in [6.07, 6.45) is -8.02. The van der Waals surface area contributed by atoms with Crippen LogP contribution in [0.15, 0.2) is 0 Å². The highest BCUT2D eigenvalue weighted by atomic mass is 32.2. The molecule has 0 aliphatic rings. The summed E-state index contributed by atoms with van der Waals surface area (Å²) < 4.78 is 77.3. The minimum absolute atomic E-state index is 0.240. The fourth-order valence-corrected chi connectivity index (χ4v) is 2.68. The molecule has 0 heterocycles. The van der Waals surface area contributed by atoms with Crippen LogP contribution in [0.2, 0.25) is 0 Å². The first-order chi connectivity index (χ1) is 11.1. The van der Waals surface area contributed by atoms with Crippen molar-refractivity contribution in [2.75, 3.05) is 12.0 Å². The van der Waals surface area contributed by atoms with E-state index in [0.717, 1.165) is 31.4 Å². The molecule has 0 aromatic carbocycles. The molecule has 0 saturated heterocycles. The smallest absolute Gasteiger partial charge is 0.368 e. The summed E-state index contributed by atoms with van der Waals surface area (Å²) in [6, 6.07) is 0. The maximum atomic E-state index is 12.3. The summed E-state index contributed by atoms with van der Waals surface area (Å²) >= 11 is 1.81. The van der Waals surface area contributed by atoms with Crippen LogP contribution >= 0.6 is 11.8 Å². The molecule has 0 rings (SSSR count). The Morgan fingerprint density at radius 3 is 1.62 bits per heavy atom. The lowest BCUT2D eigenvalue weighted by molar-refractivity contribution is -0.349. The largest absolute Gasteiger partial charge is 0.423 e. The highest BCUT2D eigenvalue weighted by Gasteiger charge is 2.58. The summed E-state index contributed by atoms with van der Waals surface area (Å²) in [5.74, 6) is 1.15. The molecular formula is C15H26F6O2S. The van der Waals surface area contributed by atoms with E-state index in [4.69, 9.17) is 0 Å². The van der Waals surface area contributed by atoms with Crippen molar-refractivity contribution in [3.05, 3.63) is 0 Å². The van der Waals surface area contributed by atoms with Crippen LogP contribution in [0.1, 0.15) is 57.8 Å². The van der Waals surface area contributed by atoms with Crippen LogP contribution in [-0.4, -0.2) is 41.9 Å². The zero-order valence-electron chi connectivity index (χ0n) is 13.8. The number of unbranched alkanes of at least 4 members (excludes halogenated alkanes) is 7. The van der Waals surface area contributed by atoms with E-state index in [1.54, 1.807) is 0 Å². The minimum atomic E-state index is -5.59. The monoisotopic (exact) mass is 384 g/mol. The molecule has 0 bridgehead atoms. The zero-order chi connectivity index (χ0) is 18.6. The van der Waals surface area contributed by atoms with Crippen LogP contribution in [0.4, 0.5) is 26.3 Å². The normalized spacial score (nSPS) is 14.4. The number of aliphatic hydroxyl groups excluding tert-OH is 1. The second kappa shape index (κ2) is 12.2. The molecule has 0 aliphatic heterocycles. The molecule has 0 saturated carbocycles. The van der Waals surface area contributed by atoms with Crippen molar-refractivity contribution in [1.82, 2.24) is 0 Å². The summed E-state index contributed by atoms with van der Waals surface area (Å²) in [7, 11) is 0. The van der Waals surface area contributed by atoms with E-state index in [0.29, 0.717) is 12.8 Å². The lowest BCUT2D eigenvalue weighted by atomic mass is 10.1. The molecule has 1 atom stereocenters. The van der Waals surface area contributed by atoms with Gasteiger partial charge in [0, 0.05) is 0 Å². The molecule has 0 aromatic heterocycles. The Hall–Kier alpha value is -0.150. The maximum Gasteiger partial charge on any atom is 0.423 e. The number of hydrogen-bond acceptors (Lipinski definition) is 3. The van der Waals surface area contributed by atoms with Crippen molar-refractivity contribution >= 4 is 11.8 Å². The molecule has 0 amide bonds. The maximum absolute atomic E-state index is 12.3. The Labute approximate surface area is 143 Å². The molecule has 9 heteroatoms. The Morgan fingerprint density at radius 1 is 0.792 bits per heavy atom. The van der Waals surface area contributed by atoms with E-state index in [1.165, 1.54) is 12.8 Å². The third-order valence-corrected chi connectivity index (χ3v) is 4.13. The molecule has 0 aromatic rings. The zero-order valence-corrected chi connectivity index (χ0v) is 14.6. The Kier molecular flexibility index (Phi) is 12.2. The van der Waals surface area contributed by atoms with Gasteiger partial charge in [-0.15, -0.1) is 0 Å². The molecule has 1 unspecified atom stereocenters. The molecule has 1 N–H and O–H groups in total. The molecule has 0 aliphatic carbocycles. The molecule has 146 valence electrons. The number of halogens is 6. The lowest BCUT2D eigenvalue weighted by Gasteiger charge is -2.25. The number of hydrogen-bond donors (Lipinski definition) is 1. The van der Waals surface area contributed by atoms with Gasteiger partial charge in [-0.05, 0) is 31.3 Å². The Bertz CT molecular complexity index is 295. The van der Waals surface area contributed by atoms with Crippen molar-refractivity contribution in [2.45, 2.75) is 82.5 Å². The number of ether oxygens (including phenoxy) is 1. The average Bonchev–Trinajstić information content (AvgIpc) is 2.44. The van der Waals surface area contributed by atoms with Gasteiger partial charge in [-0.3, -0.25) is 0 Å². The van der Waals surface area contributed by atoms with Crippen molar-refractivity contribution in [2.24, 2.45) is 0 Å². The second-order valence-electron chi connectivity index (χ2n) is 5.66. The molecule has 0 spiro atoms. The van der Waals surface area contributed by atoms with Gasteiger partial charge in [0.1, 0.15) is 0 Å². The number of aliphatic hydroxyl groups is 1. The standard InChI is InChI=1S/C15H26F6O2S/c1-24-11-9-7-5-3-2-4-6-8-10-12(22)23-13(14(16,17)18)15(19,20)21/h12-13,22H,2-11H2,1H3. The highest BCUT2D eigenvalue weighted by molar-refractivity contribution is 7.98. The predicted octanol–water partition coefficient (Wildman–Crippen LogP) is 5.69. The van der Waals surface area contributed by atoms with E-state index in [-0.39, 0.29) is 6.42 Å². The van der Waals surface area contributed by atoms with E-state index < -0.39 is 24.7 Å². The quantitative estimate of drug-likeness (QED) is 0.251. The average molecular weight is 384 g/mol. The Morgan fingerprint density at radius 2 is 1.21 bits per heavy atom. The van der Waals surface area contributed by atoms with E-state index >= 15 is 0 Å². The van der Waals surface area contributed by atoms with Gasteiger partial charge < -0.3 is 9.84 Å². The second-order valence-corrected chi connectivity index (χ2v) is 6.65. The third kappa shape index (κ3) is 12.2. The van der Waals surface area contributed by atoms with Gasteiger partial charge >= 0.3 is 12.4 Å². The molecule has 0 fully saturated rings. The van der Waals surface area contributed by atoms with E-state index in [1.807, 2.05) is 11.8 Å². The molecule has 0 radical (unpaired) electrons. The number of rotatable bonds is 13. The van der Waals surface area contributed by atoms with Crippen molar-refractivity contribution in [3.63, 3.8) is 0 Å². The van der Waals surface area contributed by atoms with Gasteiger partial charge in [-0.2, -0.15) is 38.1 Å². The van der Waals surface area contributed by atoms with Gasteiger partial charge in [-0.25, -0.2) is 0 Å². The fraction of sp³-hybridized carbons (Fsp3) is 1.00. The van der Waals surface area contributed by atoms with Gasteiger partial charge in [0.15, 0.2) is 6.29 Å². The van der Waals surface area contributed by atoms with Crippen LogP contribution in [0.3, 0.4) is 0 Å². The third-order valence-electron chi connectivity index (χ3n) is 3.44. The van der Waals surface area contributed by atoms with E-state index in [9.17, 15) is 31.4 Å². The first-order valence-electron chi connectivity index (χ1n) is 8.05. The van der Waals surface area contributed by atoms with Crippen LogP contribution in [-0.2, 0) is 4.74 Å². The highest BCUT2D eigenvalue weighted by Crippen LogP contribution is 2.36. The van der Waals surface area contributed by atoms with Gasteiger partial charge in [0.25, 0.3) is 6.10 Å². The van der Waals surface area contributed by atoms with Crippen LogP contribution in [0.25, 0.3) is 0 Å². The molecule has 2 nitrogen and oxygen atoms in total. The topological polar surface area (TPSA) is 29.5 Å². The molecular weight excluding hydrogens is 358 g/mol. The SMILES string of the molecule is CSCCCCCCCCCCC(O)OC(C(F)(F)F)C(F)(F)F. The van der Waals surface area contributed by atoms with Crippen molar-refractivity contribution < 1.29 is 36.2 Å². The van der Waals surface area contributed by atoms with Crippen LogP contribution < -0.4 is 0 Å². The summed E-state index contributed by atoms with van der Waals surface area (Å²) in [5.41, 5.74) is 0. The fourth-order valence-electron chi connectivity index (χ4n) is 2.19. The number of thioether (sulfide) groups is 1. The van der Waals surface area contributed by atoms with Crippen LogP contribution in [0.5, 0.6) is 0 Å². The lowest BCUT2D eigenvalue weighted by Crippen LogP contribution is -2.46. The van der Waals surface area contributed by atoms with Gasteiger partial charge in [0.05, 0.1) is 0 Å². The van der Waals surface area contributed by atoms with Crippen molar-refractivity contribution in [3.8, 4) is 0 Å². The first-order valence-corrected chi connectivity index (χ1v) is 9.44. The van der Waals surface area contributed by atoms with Crippen LogP contribution in [0, 0.1) is 0 Å². The summed E-state index contributed by atoms with van der Waals surface area (Å²) in [6.45, 7) is 0. The van der Waals surface area contributed by atoms with Gasteiger partial charge in [-0.1, -0.05) is 38.5 Å². The first kappa shape index (κ1) is 23.9. The molecule has 24 heavy (non-hydrogen) atoms. The van der Waals surface area contributed by atoms with E-state index in [2.05, 4.69) is 11.0 Å². The summed E-state index contributed by atoms with van der Waals surface area (Å²) in [4.78, 5) is 0. The predicted molar refractivity (Wildman–Crippen MR) is 82.9 cm³/mol. The van der Waals surface area contributed by atoms with Gasteiger partial charge in [0.2, 0.25) is 0 Å². The minimum Gasteiger partial charge on any atom is -0.368 e. The van der Waals surface area contributed by atoms with Crippen molar-refractivity contribution in [1.29, 1.82) is 0 Å². The summed E-state index contributed by atoms with van der Waals surface area (Å²) in [5, 5.41) is 9.25. The Balaban J connectivity index is 3.77.